The third kappa shape index (κ3) is 5.50. The van der Waals surface area contributed by atoms with Gasteiger partial charge >= 0.3 is 5.91 Å². The number of hydrogen-bond acceptors (Lipinski definition) is 3. The van der Waals surface area contributed by atoms with E-state index in [0.29, 0.717) is 11.5 Å². The van der Waals surface area contributed by atoms with Crippen molar-refractivity contribution in [1.82, 2.24) is 15.5 Å². The summed E-state index contributed by atoms with van der Waals surface area (Å²) in [5, 5.41) is 7.92. The smallest absolute Gasteiger partial charge is 0.308 e. The van der Waals surface area contributed by atoms with Gasteiger partial charge in [-0.3, -0.25) is 4.79 Å². The number of fused-ring (bicyclic) bond motifs is 1. The predicted molar refractivity (Wildman–Crippen MR) is 113 cm³/mol. The fraction of sp³-hybridized carbons (Fsp3) is 0.565. The summed E-state index contributed by atoms with van der Waals surface area (Å²) in [5.74, 6) is -2.66. The lowest BCUT2D eigenvalue weighted by molar-refractivity contribution is -0.00102. The molecule has 1 aromatic carbocycles. The molecule has 0 atom stereocenters. The van der Waals surface area contributed by atoms with Crippen LogP contribution in [0.3, 0.4) is 0 Å². The maximum atomic E-state index is 13.6. The second-order valence-corrected chi connectivity index (χ2v) is 8.02. The zero-order valence-corrected chi connectivity index (χ0v) is 17.4. The van der Waals surface area contributed by atoms with E-state index in [-0.39, 0.29) is 6.42 Å². The van der Waals surface area contributed by atoms with Gasteiger partial charge in [-0.25, -0.2) is 8.78 Å². The molecule has 0 unspecified atom stereocenters. The molecular weight excluding hydrogens is 372 g/mol. The highest BCUT2D eigenvalue weighted by Crippen LogP contribution is 2.17. The monoisotopic (exact) mass is 404 g/mol. The highest BCUT2D eigenvalue weighted by molar-refractivity contribution is 5.96. The number of piperidine rings is 1. The Morgan fingerprint density at radius 3 is 2.79 bits per heavy atom. The van der Waals surface area contributed by atoms with E-state index in [1.165, 1.54) is 19.8 Å². The maximum Gasteiger partial charge on any atom is 0.308 e. The third-order valence-electron chi connectivity index (χ3n) is 5.92. The molecule has 0 saturated carbocycles. The number of nitrogens with one attached hydrogen (secondary N) is 2. The van der Waals surface area contributed by atoms with Crippen LogP contribution in [0.15, 0.2) is 12.1 Å². The molecule has 0 aliphatic carbocycles. The first kappa shape index (κ1) is 21.6. The van der Waals surface area contributed by atoms with Crippen LogP contribution < -0.4 is 21.1 Å². The molecule has 1 aromatic rings. The van der Waals surface area contributed by atoms with Crippen molar-refractivity contribution in [2.24, 2.45) is 5.92 Å². The number of alkyl halides is 2. The van der Waals surface area contributed by atoms with E-state index in [1.54, 1.807) is 6.07 Å². The first-order chi connectivity index (χ1) is 13.9. The Balaban J connectivity index is 1.87. The van der Waals surface area contributed by atoms with E-state index in [2.05, 4.69) is 27.8 Å². The van der Waals surface area contributed by atoms with E-state index in [1.807, 2.05) is 19.4 Å². The van der Waals surface area contributed by atoms with Gasteiger partial charge in [0.05, 0.1) is 12.7 Å². The molecule has 0 spiro atoms. The van der Waals surface area contributed by atoms with Crippen molar-refractivity contribution >= 4 is 18.2 Å². The van der Waals surface area contributed by atoms with Crippen LogP contribution >= 0.6 is 0 Å². The molecule has 0 radical (unpaired) electrons. The molecule has 6 heteroatoms. The molecule has 2 aliphatic heterocycles. The summed E-state index contributed by atoms with van der Waals surface area (Å²) in [7, 11) is 0. The topological polar surface area (TPSA) is 44.4 Å². The average Bonchev–Trinajstić information content (AvgIpc) is 2.93. The Morgan fingerprint density at radius 2 is 2.10 bits per heavy atom. The van der Waals surface area contributed by atoms with E-state index in [0.717, 1.165) is 48.6 Å². The van der Waals surface area contributed by atoms with Gasteiger partial charge in [-0.2, -0.15) is 0 Å². The second kappa shape index (κ2) is 9.61. The largest absolute Gasteiger partial charge is 0.366 e. The molecule has 1 saturated heterocycles. The number of halogens is 2. The Labute approximate surface area is 172 Å². The number of hydrogen-bond donors (Lipinski definition) is 2. The fourth-order valence-electron chi connectivity index (χ4n) is 4.09. The Morgan fingerprint density at radius 1 is 1.34 bits per heavy atom. The van der Waals surface area contributed by atoms with Gasteiger partial charge < -0.3 is 15.5 Å². The normalized spacial score (nSPS) is 17.6. The molecular formula is C23H32F2N3O+. The summed E-state index contributed by atoms with van der Waals surface area (Å²) in [6.07, 6.45) is 9.29. The van der Waals surface area contributed by atoms with Gasteiger partial charge in [0.2, 0.25) is 0 Å². The van der Waals surface area contributed by atoms with Crippen LogP contribution in [0.25, 0.3) is 12.3 Å². The number of rotatable bonds is 7. The number of carbonyl (C=O) groups is 1. The molecule has 3 rings (SSSR count). The van der Waals surface area contributed by atoms with Crippen molar-refractivity contribution in [3.63, 3.8) is 0 Å². The van der Waals surface area contributed by atoms with Gasteiger partial charge in [0.15, 0.2) is 11.1 Å². The molecule has 0 aromatic heterocycles. The Bertz CT molecular complexity index is 831. The zero-order valence-electron chi connectivity index (χ0n) is 17.4. The van der Waals surface area contributed by atoms with Gasteiger partial charge in [-0.05, 0) is 44.3 Å². The van der Waals surface area contributed by atoms with Gasteiger partial charge in [0, 0.05) is 44.1 Å². The number of carbonyl (C=O) groups excluding carboxylic acids is 1. The minimum atomic E-state index is -2.89. The van der Waals surface area contributed by atoms with Gasteiger partial charge in [0.1, 0.15) is 5.22 Å². The maximum absolute atomic E-state index is 13.6. The predicted octanol–water partition coefficient (Wildman–Crippen LogP) is 2.26. The molecule has 2 N–H and O–H groups in total. The summed E-state index contributed by atoms with van der Waals surface area (Å²) >= 11 is 0. The second-order valence-electron chi connectivity index (χ2n) is 8.02. The number of amides is 1. The van der Waals surface area contributed by atoms with Crippen molar-refractivity contribution in [3.05, 3.63) is 40.1 Å². The number of benzene rings is 1. The Hall–Kier alpha value is -2.08. The summed E-state index contributed by atoms with van der Waals surface area (Å²) in [6, 6.07) is 3.68. The highest BCUT2D eigenvalue weighted by Gasteiger charge is 2.29. The Kier molecular flexibility index (Phi) is 7.17. The van der Waals surface area contributed by atoms with E-state index in [4.69, 9.17) is 0 Å². The summed E-state index contributed by atoms with van der Waals surface area (Å²) in [5.41, 5.74) is 1.26. The van der Waals surface area contributed by atoms with E-state index in [9.17, 15) is 13.6 Å². The SMILES string of the molecule is C[CH+]c1c(C(=O)NCC(F)(F)CC)ccc2c1=CN(CC1CCNCC1)CCC=2. The van der Waals surface area contributed by atoms with Crippen LogP contribution in [0.1, 0.15) is 55.5 Å². The molecule has 0 bridgehead atoms. The third-order valence-corrected chi connectivity index (χ3v) is 5.92. The van der Waals surface area contributed by atoms with Crippen LogP contribution in [0.2, 0.25) is 0 Å². The quantitative estimate of drug-likeness (QED) is 0.686. The molecule has 158 valence electrons. The first-order valence-corrected chi connectivity index (χ1v) is 10.7. The molecule has 29 heavy (non-hydrogen) atoms. The van der Waals surface area contributed by atoms with Crippen LogP contribution in [0, 0.1) is 12.3 Å². The van der Waals surface area contributed by atoms with Crippen molar-refractivity contribution in [3.8, 4) is 0 Å². The standard InChI is InChI=1S/C23H31F2N3O/c1-3-19-20(22(29)27-16-23(24,25)4-2)8-7-18-6-5-13-28(15-21(18)19)14-17-9-11-26-12-10-17/h3,6-8,15,17,26H,4-5,9-14,16H2,1-2H3/p+1. The van der Waals surface area contributed by atoms with Crippen molar-refractivity contribution in [2.45, 2.75) is 45.5 Å². The van der Waals surface area contributed by atoms with E-state index < -0.39 is 18.4 Å². The molecule has 2 aliphatic rings. The summed E-state index contributed by atoms with van der Waals surface area (Å²) < 4.78 is 27.1. The lowest BCUT2D eigenvalue weighted by Crippen LogP contribution is -2.39. The first-order valence-electron chi connectivity index (χ1n) is 10.7. The van der Waals surface area contributed by atoms with Crippen molar-refractivity contribution in [1.29, 1.82) is 0 Å². The van der Waals surface area contributed by atoms with Gasteiger partial charge in [0.25, 0.3) is 5.92 Å². The minimum absolute atomic E-state index is 0.293. The summed E-state index contributed by atoms with van der Waals surface area (Å²) in [6.45, 7) is 6.78. The van der Waals surface area contributed by atoms with Crippen molar-refractivity contribution in [2.75, 3.05) is 32.7 Å². The summed E-state index contributed by atoms with van der Waals surface area (Å²) in [4.78, 5) is 15.0. The van der Waals surface area contributed by atoms with Crippen LogP contribution in [-0.4, -0.2) is 49.5 Å². The lowest BCUT2D eigenvalue weighted by atomic mass is 9.97. The minimum Gasteiger partial charge on any atom is -0.366 e. The lowest BCUT2D eigenvalue weighted by Gasteiger charge is -2.28. The number of nitrogens with zero attached hydrogens (tertiary/aromatic N) is 1. The average molecular weight is 405 g/mol. The molecule has 2 heterocycles. The van der Waals surface area contributed by atoms with Gasteiger partial charge in [-0.1, -0.05) is 13.0 Å². The molecule has 1 amide bonds. The van der Waals surface area contributed by atoms with Gasteiger partial charge in [-0.15, -0.1) is 0 Å². The highest BCUT2D eigenvalue weighted by atomic mass is 19.3. The van der Waals surface area contributed by atoms with Crippen LogP contribution in [0.4, 0.5) is 8.78 Å². The van der Waals surface area contributed by atoms with Crippen molar-refractivity contribution < 1.29 is 13.6 Å². The van der Waals surface area contributed by atoms with Crippen LogP contribution in [0.5, 0.6) is 0 Å². The zero-order chi connectivity index (χ0) is 20.9. The molecule has 1 fully saturated rings. The fourth-order valence-corrected chi connectivity index (χ4v) is 4.09. The van der Waals surface area contributed by atoms with Crippen LogP contribution in [-0.2, 0) is 0 Å². The molecule has 4 nitrogen and oxygen atoms in total. The van der Waals surface area contributed by atoms with E-state index >= 15 is 0 Å².